The molecule has 1 unspecified atom stereocenters. The predicted molar refractivity (Wildman–Crippen MR) is 169 cm³/mol. The van der Waals surface area contributed by atoms with Crippen LogP contribution in [0.15, 0.2) is 109 Å². The summed E-state index contributed by atoms with van der Waals surface area (Å²) < 4.78 is 2.03. The standard InChI is InChI=1S/C26H29.C13H10.2ClH.Zr/c1-25(2,3)19-11-12-20-18(15-19)16-22-21(20)13-14-23(26(4,5)6)24(22)17-9-7-8-10-17;1-3-7-12(8-4-1)11-13-9-5-2-6-10-13;;;/h7-9,11-16H,10H2,1-6H3;1-10H;2*1H;/q;;;;+2/p-2. The summed E-state index contributed by atoms with van der Waals surface area (Å²) in [5, 5.41) is 0. The van der Waals surface area contributed by atoms with E-state index < -0.39 is 22.8 Å². The summed E-state index contributed by atoms with van der Waals surface area (Å²) in [4.78, 5) is 0. The summed E-state index contributed by atoms with van der Waals surface area (Å²) in [6, 6.07) is 34.6. The van der Waals surface area contributed by atoms with E-state index in [1.54, 1.807) is 14.3 Å². The van der Waals surface area contributed by atoms with Gasteiger partial charge in [-0.05, 0) is 0 Å². The van der Waals surface area contributed by atoms with Crippen molar-refractivity contribution < 1.29 is 47.6 Å². The largest absolute Gasteiger partial charge is 1.00 e. The van der Waals surface area contributed by atoms with Crippen LogP contribution in [0.25, 0.3) is 16.7 Å². The minimum absolute atomic E-state index is 0. The zero-order chi connectivity index (χ0) is 28.1. The predicted octanol–water partition coefficient (Wildman–Crippen LogP) is 4.05. The van der Waals surface area contributed by atoms with Crippen LogP contribution in [-0.4, -0.2) is 3.21 Å². The minimum Gasteiger partial charge on any atom is -1.00 e. The van der Waals surface area contributed by atoms with Crippen LogP contribution >= 0.6 is 0 Å². The van der Waals surface area contributed by atoms with E-state index in [9.17, 15) is 0 Å². The molecule has 213 valence electrons. The quantitative estimate of drug-likeness (QED) is 0.308. The van der Waals surface area contributed by atoms with Crippen molar-refractivity contribution in [2.45, 2.75) is 62.4 Å². The number of hydrogen-bond donors (Lipinski definition) is 0. The Morgan fingerprint density at radius 3 is 1.81 bits per heavy atom. The van der Waals surface area contributed by atoms with Gasteiger partial charge in [-0.25, -0.2) is 0 Å². The second kappa shape index (κ2) is 12.7. The molecule has 2 aliphatic rings. The fourth-order valence-electron chi connectivity index (χ4n) is 6.26. The van der Waals surface area contributed by atoms with Gasteiger partial charge in [0.1, 0.15) is 0 Å². The Bertz CT molecular complexity index is 1620. The molecule has 0 heterocycles. The summed E-state index contributed by atoms with van der Waals surface area (Å²) >= 11 is -1.21. The third-order valence-electron chi connectivity index (χ3n) is 8.37. The van der Waals surface area contributed by atoms with E-state index in [0.717, 1.165) is 6.42 Å². The second-order valence-electron chi connectivity index (χ2n) is 13.3. The molecule has 4 aromatic carbocycles. The molecule has 0 fully saturated rings. The van der Waals surface area contributed by atoms with E-state index >= 15 is 0 Å². The Morgan fingerprint density at radius 2 is 1.29 bits per heavy atom. The van der Waals surface area contributed by atoms with Gasteiger partial charge in [0.05, 0.1) is 0 Å². The number of allylic oxidation sites excluding steroid dienone is 4. The molecule has 0 amide bonds. The van der Waals surface area contributed by atoms with Crippen molar-refractivity contribution in [2.75, 3.05) is 0 Å². The topological polar surface area (TPSA) is 0 Å². The van der Waals surface area contributed by atoms with Gasteiger partial charge in [0.25, 0.3) is 0 Å². The minimum atomic E-state index is -1.21. The van der Waals surface area contributed by atoms with Crippen LogP contribution < -0.4 is 24.8 Å². The molecule has 0 saturated carbocycles. The van der Waals surface area contributed by atoms with Crippen molar-refractivity contribution in [3.8, 4) is 11.1 Å². The molecular weight excluding hydrogens is 631 g/mol. The Hall–Kier alpha value is -2.31. The molecule has 0 aliphatic heterocycles. The Balaban J connectivity index is 0.00000202. The van der Waals surface area contributed by atoms with Gasteiger partial charge >= 0.3 is 253 Å². The third kappa shape index (κ3) is 6.17. The van der Waals surface area contributed by atoms with Gasteiger partial charge < -0.3 is 24.8 Å². The number of halogens is 2. The van der Waals surface area contributed by atoms with Crippen LogP contribution in [-0.2, 0) is 33.6 Å². The average molecular weight is 670 g/mol. The molecule has 0 radical (unpaired) electrons. The molecule has 0 nitrogen and oxygen atoms in total. The summed E-state index contributed by atoms with van der Waals surface area (Å²) in [5.41, 5.74) is 14.9. The van der Waals surface area contributed by atoms with Crippen LogP contribution in [0.1, 0.15) is 90.5 Å². The van der Waals surface area contributed by atoms with Gasteiger partial charge in [0.15, 0.2) is 0 Å². The Labute approximate surface area is 276 Å². The van der Waals surface area contributed by atoms with Gasteiger partial charge in [0.2, 0.25) is 0 Å². The molecule has 0 N–H and O–H groups in total. The summed E-state index contributed by atoms with van der Waals surface area (Å²) in [5.74, 6) is 0. The van der Waals surface area contributed by atoms with Crippen molar-refractivity contribution in [2.24, 2.45) is 0 Å². The SMILES string of the molecule is CC(C)(C)c1ccc2c(c1)[CH]([Zr+2]=[C](c1ccccc1)c1ccccc1)c1c-2ccc(C(C)(C)C)c1C1=CC=CC1.[Cl-].[Cl-]. The normalized spacial score (nSPS) is 15.1. The molecule has 0 spiro atoms. The summed E-state index contributed by atoms with van der Waals surface area (Å²) in [6.07, 6.45) is 7.97. The van der Waals surface area contributed by atoms with Gasteiger partial charge in [0, 0.05) is 0 Å². The van der Waals surface area contributed by atoms with E-state index in [1.807, 2.05) is 0 Å². The fraction of sp³-hybridized carbons (Fsp3) is 0.256. The zero-order valence-electron chi connectivity index (χ0n) is 25.4. The Kier molecular flexibility index (Phi) is 9.89. The van der Waals surface area contributed by atoms with E-state index in [2.05, 4.69) is 151 Å². The first-order chi connectivity index (χ1) is 19.1. The van der Waals surface area contributed by atoms with Crippen molar-refractivity contribution in [3.05, 3.63) is 148 Å². The number of benzene rings is 4. The van der Waals surface area contributed by atoms with Crippen LogP contribution in [0.5, 0.6) is 0 Å². The molecule has 0 bridgehead atoms. The monoisotopic (exact) mass is 667 g/mol. The van der Waals surface area contributed by atoms with Crippen molar-refractivity contribution in [3.63, 3.8) is 0 Å². The Morgan fingerprint density at radius 1 is 0.690 bits per heavy atom. The number of hydrogen-bond acceptors (Lipinski definition) is 0. The maximum Gasteiger partial charge on any atom is -1.00 e. The van der Waals surface area contributed by atoms with E-state index in [0.29, 0.717) is 3.63 Å². The van der Waals surface area contributed by atoms with E-state index in [1.165, 1.54) is 44.5 Å². The molecule has 3 heteroatoms. The molecule has 2 aliphatic carbocycles. The number of rotatable bonds is 4. The van der Waals surface area contributed by atoms with Crippen LogP contribution in [0.4, 0.5) is 0 Å². The summed E-state index contributed by atoms with van der Waals surface area (Å²) in [6.45, 7) is 14.2. The number of fused-ring (bicyclic) bond motifs is 3. The summed E-state index contributed by atoms with van der Waals surface area (Å²) in [7, 11) is 0. The molecule has 42 heavy (non-hydrogen) atoms. The third-order valence-corrected chi connectivity index (χ3v) is 12.7. The van der Waals surface area contributed by atoms with Gasteiger partial charge in [-0.3, -0.25) is 0 Å². The molecule has 0 saturated heterocycles. The van der Waals surface area contributed by atoms with Gasteiger partial charge in [-0.15, -0.1) is 0 Å². The smallest absolute Gasteiger partial charge is 1.00 e. The fourth-order valence-corrected chi connectivity index (χ4v) is 10.7. The molecular formula is C39H39Cl2Zr. The first-order valence-electron chi connectivity index (χ1n) is 14.6. The first kappa shape index (κ1) is 32.6. The first-order valence-corrected chi connectivity index (χ1v) is 17.2. The van der Waals surface area contributed by atoms with E-state index in [-0.39, 0.29) is 35.6 Å². The van der Waals surface area contributed by atoms with Gasteiger partial charge in [-0.2, -0.15) is 0 Å². The molecule has 6 rings (SSSR count). The molecule has 1 atom stereocenters. The van der Waals surface area contributed by atoms with Crippen molar-refractivity contribution in [1.82, 2.24) is 0 Å². The second-order valence-corrected chi connectivity index (χ2v) is 16.6. The maximum absolute atomic E-state index is 2.57. The zero-order valence-corrected chi connectivity index (χ0v) is 29.4. The van der Waals surface area contributed by atoms with Gasteiger partial charge in [-0.1, -0.05) is 0 Å². The van der Waals surface area contributed by atoms with Crippen LogP contribution in [0.2, 0.25) is 0 Å². The average Bonchev–Trinajstić information content (AvgIpc) is 3.58. The van der Waals surface area contributed by atoms with Crippen molar-refractivity contribution >= 4 is 8.78 Å². The van der Waals surface area contributed by atoms with Crippen molar-refractivity contribution in [1.29, 1.82) is 0 Å². The molecule has 4 aromatic rings. The molecule has 0 aromatic heterocycles. The van der Waals surface area contributed by atoms with Crippen LogP contribution in [0, 0.1) is 0 Å². The van der Waals surface area contributed by atoms with Crippen LogP contribution in [0.3, 0.4) is 0 Å². The van der Waals surface area contributed by atoms with E-state index in [4.69, 9.17) is 0 Å². The maximum atomic E-state index is 2.57.